The molecule has 0 aliphatic heterocycles. The minimum Gasteiger partial charge on any atom is -0.490 e. The smallest absolute Gasteiger partial charge is 0.124 e. The molecule has 94 valence electrons. The Kier molecular flexibility index (Phi) is 4.46. The van der Waals surface area contributed by atoms with Crippen molar-refractivity contribution >= 4 is 15.9 Å². The number of nitrogens with one attached hydrogen (secondary N) is 1. The summed E-state index contributed by atoms with van der Waals surface area (Å²) in [6, 6.07) is 6.97. The standard InChI is InChI=1S/C14H20BrNO/c1-3-10(2)17-14-7-4-12(15)8-11(14)9-16-13-5-6-13/h4,7-8,10,13,16H,3,5-6,9H2,1-2H3. The summed E-state index contributed by atoms with van der Waals surface area (Å²) in [6.07, 6.45) is 3.94. The van der Waals surface area contributed by atoms with Gasteiger partial charge >= 0.3 is 0 Å². The van der Waals surface area contributed by atoms with Crippen molar-refractivity contribution in [2.45, 2.75) is 51.8 Å². The van der Waals surface area contributed by atoms with Gasteiger partial charge in [0.05, 0.1) is 6.10 Å². The van der Waals surface area contributed by atoms with E-state index in [1.165, 1.54) is 18.4 Å². The van der Waals surface area contributed by atoms with E-state index >= 15 is 0 Å². The fraction of sp³-hybridized carbons (Fsp3) is 0.571. The maximum atomic E-state index is 5.94. The molecular formula is C14H20BrNO. The van der Waals surface area contributed by atoms with Crippen LogP contribution in [0.2, 0.25) is 0 Å². The summed E-state index contributed by atoms with van der Waals surface area (Å²) < 4.78 is 7.05. The third-order valence-electron chi connectivity index (χ3n) is 3.08. The first kappa shape index (κ1) is 12.9. The van der Waals surface area contributed by atoms with Crippen molar-refractivity contribution < 1.29 is 4.74 Å². The fourth-order valence-electron chi connectivity index (χ4n) is 1.64. The van der Waals surface area contributed by atoms with Crippen LogP contribution in [0.3, 0.4) is 0 Å². The summed E-state index contributed by atoms with van der Waals surface area (Å²) in [5.41, 5.74) is 1.24. The second kappa shape index (κ2) is 5.87. The zero-order valence-corrected chi connectivity index (χ0v) is 12.1. The van der Waals surface area contributed by atoms with E-state index in [4.69, 9.17) is 4.74 Å². The van der Waals surface area contributed by atoms with Crippen LogP contribution in [0.5, 0.6) is 5.75 Å². The Morgan fingerprint density at radius 3 is 2.88 bits per heavy atom. The van der Waals surface area contributed by atoms with E-state index in [-0.39, 0.29) is 6.10 Å². The number of rotatable bonds is 6. The Morgan fingerprint density at radius 2 is 2.24 bits per heavy atom. The second-order valence-electron chi connectivity index (χ2n) is 4.74. The highest BCUT2D eigenvalue weighted by Crippen LogP contribution is 2.26. The van der Waals surface area contributed by atoms with Crippen molar-refractivity contribution in [1.82, 2.24) is 5.32 Å². The molecule has 0 amide bonds. The van der Waals surface area contributed by atoms with Gasteiger partial charge in [0.15, 0.2) is 0 Å². The van der Waals surface area contributed by atoms with Crippen LogP contribution in [0.25, 0.3) is 0 Å². The zero-order valence-electron chi connectivity index (χ0n) is 10.5. The van der Waals surface area contributed by atoms with E-state index in [1.807, 2.05) is 6.07 Å². The predicted molar refractivity (Wildman–Crippen MR) is 74.4 cm³/mol. The van der Waals surface area contributed by atoms with Gasteiger partial charge in [-0.15, -0.1) is 0 Å². The van der Waals surface area contributed by atoms with Crippen LogP contribution in [0.4, 0.5) is 0 Å². The lowest BCUT2D eigenvalue weighted by Crippen LogP contribution is -2.17. The van der Waals surface area contributed by atoms with Crippen LogP contribution in [-0.4, -0.2) is 12.1 Å². The molecule has 0 bridgehead atoms. The molecule has 1 aliphatic carbocycles. The maximum Gasteiger partial charge on any atom is 0.124 e. The summed E-state index contributed by atoms with van der Waals surface area (Å²) in [4.78, 5) is 0. The van der Waals surface area contributed by atoms with Gasteiger partial charge in [0, 0.05) is 22.6 Å². The molecule has 1 aromatic carbocycles. The fourth-order valence-corrected chi connectivity index (χ4v) is 2.05. The lowest BCUT2D eigenvalue weighted by molar-refractivity contribution is 0.215. The van der Waals surface area contributed by atoms with Gasteiger partial charge in [0.25, 0.3) is 0 Å². The highest BCUT2D eigenvalue weighted by atomic mass is 79.9. The SMILES string of the molecule is CCC(C)Oc1ccc(Br)cc1CNC1CC1. The monoisotopic (exact) mass is 297 g/mol. The Bertz CT molecular complexity index is 376. The number of benzene rings is 1. The number of halogens is 1. The van der Waals surface area contributed by atoms with Crippen LogP contribution in [0, 0.1) is 0 Å². The van der Waals surface area contributed by atoms with Gasteiger partial charge in [-0.1, -0.05) is 22.9 Å². The van der Waals surface area contributed by atoms with Crippen molar-refractivity contribution in [3.63, 3.8) is 0 Å². The molecule has 1 saturated carbocycles. The molecule has 0 aromatic heterocycles. The van der Waals surface area contributed by atoms with Gasteiger partial charge in [-0.3, -0.25) is 0 Å². The molecule has 1 fully saturated rings. The Morgan fingerprint density at radius 1 is 1.47 bits per heavy atom. The zero-order chi connectivity index (χ0) is 12.3. The average Bonchev–Trinajstić information content (AvgIpc) is 3.13. The summed E-state index contributed by atoms with van der Waals surface area (Å²) in [6.45, 7) is 5.15. The van der Waals surface area contributed by atoms with Gasteiger partial charge in [-0.05, 0) is 44.4 Å². The van der Waals surface area contributed by atoms with Crippen molar-refractivity contribution in [3.8, 4) is 5.75 Å². The third kappa shape index (κ3) is 4.00. The van der Waals surface area contributed by atoms with E-state index < -0.39 is 0 Å². The van der Waals surface area contributed by atoms with Crippen LogP contribution in [0.15, 0.2) is 22.7 Å². The largest absolute Gasteiger partial charge is 0.490 e. The van der Waals surface area contributed by atoms with Gasteiger partial charge in [0.1, 0.15) is 5.75 Å². The summed E-state index contributed by atoms with van der Waals surface area (Å²) in [5.74, 6) is 1.01. The van der Waals surface area contributed by atoms with Gasteiger partial charge < -0.3 is 10.1 Å². The highest BCUT2D eigenvalue weighted by molar-refractivity contribution is 9.10. The van der Waals surface area contributed by atoms with Crippen LogP contribution < -0.4 is 10.1 Å². The van der Waals surface area contributed by atoms with E-state index in [0.717, 1.165) is 29.2 Å². The molecule has 0 spiro atoms. The lowest BCUT2D eigenvalue weighted by Gasteiger charge is -2.16. The molecule has 1 unspecified atom stereocenters. The second-order valence-corrected chi connectivity index (χ2v) is 5.66. The molecule has 2 nitrogen and oxygen atoms in total. The topological polar surface area (TPSA) is 21.3 Å². The van der Waals surface area contributed by atoms with Crippen molar-refractivity contribution in [1.29, 1.82) is 0 Å². The number of hydrogen-bond donors (Lipinski definition) is 1. The first-order valence-electron chi connectivity index (χ1n) is 6.37. The molecule has 1 aliphatic rings. The van der Waals surface area contributed by atoms with Crippen molar-refractivity contribution in [2.24, 2.45) is 0 Å². The molecule has 2 rings (SSSR count). The minimum atomic E-state index is 0.274. The van der Waals surface area contributed by atoms with Gasteiger partial charge in [-0.2, -0.15) is 0 Å². The molecule has 1 atom stereocenters. The molecule has 17 heavy (non-hydrogen) atoms. The quantitative estimate of drug-likeness (QED) is 0.860. The Balaban J connectivity index is 2.05. The summed E-state index contributed by atoms with van der Waals surface area (Å²) in [5, 5.41) is 3.53. The number of ether oxygens (including phenoxy) is 1. The Hall–Kier alpha value is -0.540. The van der Waals surface area contributed by atoms with E-state index in [9.17, 15) is 0 Å². The lowest BCUT2D eigenvalue weighted by atomic mass is 10.2. The minimum absolute atomic E-state index is 0.274. The van der Waals surface area contributed by atoms with Crippen LogP contribution in [0.1, 0.15) is 38.7 Å². The van der Waals surface area contributed by atoms with Gasteiger partial charge in [-0.25, -0.2) is 0 Å². The van der Waals surface area contributed by atoms with Gasteiger partial charge in [0.2, 0.25) is 0 Å². The third-order valence-corrected chi connectivity index (χ3v) is 3.58. The van der Waals surface area contributed by atoms with Crippen molar-refractivity contribution in [2.75, 3.05) is 0 Å². The maximum absolute atomic E-state index is 5.94. The molecule has 0 saturated heterocycles. The highest BCUT2D eigenvalue weighted by Gasteiger charge is 2.20. The molecule has 0 heterocycles. The predicted octanol–water partition coefficient (Wildman–Crippen LogP) is 3.88. The molecule has 0 radical (unpaired) electrons. The number of hydrogen-bond acceptors (Lipinski definition) is 2. The molecule has 3 heteroatoms. The van der Waals surface area contributed by atoms with Crippen LogP contribution >= 0.6 is 15.9 Å². The summed E-state index contributed by atoms with van der Waals surface area (Å²) >= 11 is 3.52. The normalized spacial score (nSPS) is 16.9. The molecular weight excluding hydrogens is 278 g/mol. The molecule has 1 N–H and O–H groups in total. The van der Waals surface area contributed by atoms with E-state index in [1.54, 1.807) is 0 Å². The van der Waals surface area contributed by atoms with Crippen LogP contribution in [-0.2, 0) is 6.54 Å². The first-order valence-corrected chi connectivity index (χ1v) is 7.16. The first-order chi connectivity index (χ1) is 8.19. The average molecular weight is 298 g/mol. The van der Waals surface area contributed by atoms with E-state index in [0.29, 0.717) is 0 Å². The summed E-state index contributed by atoms with van der Waals surface area (Å²) in [7, 11) is 0. The van der Waals surface area contributed by atoms with E-state index in [2.05, 4.69) is 47.2 Å². The van der Waals surface area contributed by atoms with Crippen molar-refractivity contribution in [3.05, 3.63) is 28.2 Å². The Labute approximate surface area is 112 Å². The molecule has 1 aromatic rings.